The normalized spacial score (nSPS) is 13.1. The first-order valence-corrected chi connectivity index (χ1v) is 9.00. The monoisotopic (exact) mass is 358 g/mol. The molecule has 0 saturated heterocycles. The van der Waals surface area contributed by atoms with Crippen LogP contribution in [0.15, 0.2) is 34.7 Å². The Morgan fingerprint density at radius 2 is 2.17 bits per heavy atom. The van der Waals surface area contributed by atoms with E-state index in [1.165, 1.54) is 27.9 Å². The van der Waals surface area contributed by atoms with Crippen LogP contribution in [-0.4, -0.2) is 36.1 Å². The Bertz CT molecular complexity index is 1000. The third-order valence-electron chi connectivity index (χ3n) is 3.44. The number of aliphatic imine (C=N–C) groups is 1. The molecule has 4 N–H and O–H groups in total. The molecule has 120 valence electrons. The van der Waals surface area contributed by atoms with Crippen LogP contribution in [0.3, 0.4) is 0 Å². The lowest BCUT2D eigenvalue weighted by atomic mass is 10.1. The van der Waals surface area contributed by atoms with Gasteiger partial charge in [-0.1, -0.05) is 12.1 Å². The van der Waals surface area contributed by atoms with Gasteiger partial charge in [0.05, 0.1) is 16.3 Å². The number of carbonyl (C=O) groups is 1. The van der Waals surface area contributed by atoms with E-state index in [1.54, 1.807) is 12.1 Å². The Morgan fingerprint density at radius 3 is 2.96 bits per heavy atom. The maximum Gasteiger partial charge on any atom is 0.337 e. The highest BCUT2D eigenvalue weighted by molar-refractivity contribution is 8.82. The van der Waals surface area contributed by atoms with Gasteiger partial charge in [0.15, 0.2) is 16.6 Å². The van der Waals surface area contributed by atoms with Gasteiger partial charge in [-0.05, 0) is 33.2 Å². The lowest BCUT2D eigenvalue weighted by Gasteiger charge is -1.99. The molecule has 10 heteroatoms. The van der Waals surface area contributed by atoms with E-state index in [0.717, 1.165) is 10.6 Å². The maximum atomic E-state index is 11.3. The first kappa shape index (κ1) is 15.0. The second kappa shape index (κ2) is 5.80. The summed E-state index contributed by atoms with van der Waals surface area (Å²) in [5, 5.41) is 10.7. The number of nitrogens with zero attached hydrogens (tertiary/aromatic N) is 4. The summed E-state index contributed by atoms with van der Waals surface area (Å²) in [6, 6.07) is 5.19. The molecule has 1 aliphatic rings. The van der Waals surface area contributed by atoms with Gasteiger partial charge in [0.25, 0.3) is 0 Å². The van der Waals surface area contributed by atoms with Gasteiger partial charge in [-0.3, -0.25) is 0 Å². The van der Waals surface area contributed by atoms with Crippen LogP contribution in [0.5, 0.6) is 0 Å². The third kappa shape index (κ3) is 2.59. The average Bonchev–Trinajstić information content (AvgIpc) is 3.16. The minimum atomic E-state index is -0.971. The molecule has 0 saturated carbocycles. The Morgan fingerprint density at radius 1 is 1.29 bits per heavy atom. The van der Waals surface area contributed by atoms with Gasteiger partial charge in [-0.2, -0.15) is 0 Å². The van der Waals surface area contributed by atoms with Crippen molar-refractivity contribution in [3.05, 3.63) is 35.7 Å². The van der Waals surface area contributed by atoms with Crippen molar-refractivity contribution < 1.29 is 9.90 Å². The van der Waals surface area contributed by atoms with Crippen LogP contribution < -0.4 is 5.73 Å². The molecule has 0 unspecified atom stereocenters. The van der Waals surface area contributed by atoms with E-state index >= 15 is 0 Å². The minimum Gasteiger partial charge on any atom is -0.478 e. The lowest BCUT2D eigenvalue weighted by Crippen LogP contribution is -1.96. The number of imidazole rings is 1. The SMILES string of the molecule is Nc1ncnc2nc(SSC3=Nc4c(cccc4C(=O)O)C3)[nH]c12. The van der Waals surface area contributed by atoms with Crippen molar-refractivity contribution in [2.45, 2.75) is 11.6 Å². The Balaban J connectivity index is 1.54. The molecule has 8 nitrogen and oxygen atoms in total. The predicted molar refractivity (Wildman–Crippen MR) is 93.7 cm³/mol. The number of rotatable bonds is 3. The Kier molecular flexibility index (Phi) is 3.62. The summed E-state index contributed by atoms with van der Waals surface area (Å²) < 4.78 is 0. The number of aromatic carboxylic acids is 1. The summed E-state index contributed by atoms with van der Waals surface area (Å²) in [4.78, 5) is 31.1. The lowest BCUT2D eigenvalue weighted by molar-refractivity contribution is 0.0698. The van der Waals surface area contributed by atoms with Gasteiger partial charge in [0.1, 0.15) is 11.8 Å². The van der Waals surface area contributed by atoms with E-state index in [0.29, 0.717) is 34.2 Å². The van der Waals surface area contributed by atoms with E-state index in [9.17, 15) is 9.90 Å². The molecular formula is C14H10N6O2S2. The highest BCUT2D eigenvalue weighted by Gasteiger charge is 2.21. The number of carboxylic acid groups (broad SMARTS) is 1. The van der Waals surface area contributed by atoms with Crippen molar-refractivity contribution in [3.63, 3.8) is 0 Å². The van der Waals surface area contributed by atoms with Gasteiger partial charge in [-0.25, -0.2) is 24.7 Å². The van der Waals surface area contributed by atoms with E-state index in [1.807, 2.05) is 6.07 Å². The summed E-state index contributed by atoms with van der Waals surface area (Å²) in [6.07, 6.45) is 1.97. The number of H-pyrrole nitrogens is 1. The first-order chi connectivity index (χ1) is 11.6. The highest BCUT2D eigenvalue weighted by atomic mass is 33.1. The fourth-order valence-electron chi connectivity index (χ4n) is 2.37. The molecule has 3 aromatic rings. The molecule has 0 bridgehead atoms. The fraction of sp³-hybridized carbons (Fsp3) is 0.0714. The van der Waals surface area contributed by atoms with Gasteiger partial charge >= 0.3 is 5.97 Å². The number of aromatic amines is 1. The second-order valence-electron chi connectivity index (χ2n) is 4.97. The van der Waals surface area contributed by atoms with Crippen molar-refractivity contribution in [3.8, 4) is 0 Å². The smallest absolute Gasteiger partial charge is 0.337 e. The van der Waals surface area contributed by atoms with E-state index < -0.39 is 5.97 Å². The number of para-hydroxylation sites is 1. The van der Waals surface area contributed by atoms with Crippen LogP contribution in [0.4, 0.5) is 11.5 Å². The van der Waals surface area contributed by atoms with Gasteiger partial charge in [0.2, 0.25) is 0 Å². The standard InChI is InChI=1S/C14H10N6O2S2/c15-11-10-12(17-5-16-11)20-14(19-10)24-23-8-4-6-2-1-3-7(13(21)22)9(6)18-8/h1-3,5H,4H2,(H,21,22)(H3,15,16,17,19,20). The largest absolute Gasteiger partial charge is 0.478 e. The number of aromatic nitrogens is 4. The van der Waals surface area contributed by atoms with E-state index in [-0.39, 0.29) is 5.56 Å². The van der Waals surface area contributed by atoms with Crippen LogP contribution >= 0.6 is 21.6 Å². The van der Waals surface area contributed by atoms with E-state index in [4.69, 9.17) is 5.73 Å². The zero-order chi connectivity index (χ0) is 16.7. The number of anilines is 1. The second-order valence-corrected chi connectivity index (χ2v) is 7.16. The maximum absolute atomic E-state index is 11.3. The summed E-state index contributed by atoms with van der Waals surface area (Å²) >= 11 is 0. The number of nitrogens with one attached hydrogen (secondary N) is 1. The van der Waals surface area contributed by atoms with Crippen LogP contribution in [-0.2, 0) is 6.42 Å². The predicted octanol–water partition coefficient (Wildman–Crippen LogP) is 2.66. The molecule has 0 radical (unpaired) electrons. The zero-order valence-corrected chi connectivity index (χ0v) is 13.7. The molecular weight excluding hydrogens is 348 g/mol. The van der Waals surface area contributed by atoms with Crippen LogP contribution in [0, 0.1) is 0 Å². The van der Waals surface area contributed by atoms with Crippen LogP contribution in [0.1, 0.15) is 15.9 Å². The minimum absolute atomic E-state index is 0.222. The Hall–Kier alpha value is -2.59. The number of hydrogen-bond donors (Lipinski definition) is 3. The summed E-state index contributed by atoms with van der Waals surface area (Å²) in [5.74, 6) is -0.623. The molecule has 0 spiro atoms. The number of benzene rings is 1. The molecule has 0 aliphatic carbocycles. The highest BCUT2D eigenvalue weighted by Crippen LogP contribution is 2.39. The van der Waals surface area contributed by atoms with Gasteiger partial charge in [-0.15, -0.1) is 0 Å². The van der Waals surface area contributed by atoms with Crippen molar-refractivity contribution >= 4 is 55.3 Å². The Labute approximate surface area is 143 Å². The molecule has 3 heterocycles. The van der Waals surface area contributed by atoms with Crippen LogP contribution in [0.25, 0.3) is 11.2 Å². The number of nitrogens with two attached hydrogens (primary N) is 1. The van der Waals surface area contributed by atoms with Crippen LogP contribution in [0.2, 0.25) is 0 Å². The molecule has 2 aromatic heterocycles. The first-order valence-electron chi connectivity index (χ1n) is 6.85. The molecule has 4 rings (SSSR count). The fourth-order valence-corrected chi connectivity index (χ4v) is 4.20. The third-order valence-corrected chi connectivity index (χ3v) is 5.60. The van der Waals surface area contributed by atoms with Crippen molar-refractivity contribution in [2.75, 3.05) is 5.73 Å². The number of fused-ring (bicyclic) bond motifs is 2. The quantitative estimate of drug-likeness (QED) is 0.609. The van der Waals surface area contributed by atoms with Gasteiger partial charge in [0, 0.05) is 6.42 Å². The molecule has 0 amide bonds. The molecule has 0 fully saturated rings. The van der Waals surface area contributed by atoms with Crippen molar-refractivity contribution in [1.29, 1.82) is 0 Å². The number of carboxylic acids is 1. The number of hydrogen-bond acceptors (Lipinski definition) is 8. The molecule has 24 heavy (non-hydrogen) atoms. The molecule has 1 aliphatic heterocycles. The molecule has 0 atom stereocenters. The molecule has 1 aromatic carbocycles. The summed E-state index contributed by atoms with van der Waals surface area (Å²) in [7, 11) is 2.81. The topological polar surface area (TPSA) is 130 Å². The van der Waals surface area contributed by atoms with Crippen molar-refractivity contribution in [2.24, 2.45) is 4.99 Å². The summed E-state index contributed by atoms with van der Waals surface area (Å²) in [5.41, 5.74) is 8.56. The average molecular weight is 358 g/mol. The van der Waals surface area contributed by atoms with Crippen molar-refractivity contribution in [1.82, 2.24) is 19.9 Å². The number of nitrogen functional groups attached to an aromatic ring is 1. The summed E-state index contributed by atoms with van der Waals surface area (Å²) in [6.45, 7) is 0. The zero-order valence-electron chi connectivity index (χ0n) is 12.1. The van der Waals surface area contributed by atoms with Gasteiger partial charge < -0.3 is 15.8 Å². The van der Waals surface area contributed by atoms with E-state index in [2.05, 4.69) is 24.9 Å².